The van der Waals surface area contributed by atoms with Crippen LogP contribution in [-0.4, -0.2) is 52.8 Å². The fourth-order valence-electron chi connectivity index (χ4n) is 2.95. The Kier molecular flexibility index (Phi) is 6.10. The second kappa shape index (κ2) is 8.71. The zero-order valence-electron chi connectivity index (χ0n) is 15.0. The molecule has 3 rings (SSSR count). The van der Waals surface area contributed by atoms with Crippen LogP contribution in [0.4, 0.5) is 10.5 Å². The molecule has 2 aromatic rings. The molecule has 1 saturated heterocycles. The number of halogens is 1. The van der Waals surface area contributed by atoms with Gasteiger partial charge >= 0.3 is 6.03 Å². The van der Waals surface area contributed by atoms with Crippen molar-refractivity contribution in [1.29, 1.82) is 0 Å². The van der Waals surface area contributed by atoms with E-state index in [1.165, 1.54) is 24.3 Å². The van der Waals surface area contributed by atoms with E-state index in [9.17, 15) is 19.7 Å². The van der Waals surface area contributed by atoms with Gasteiger partial charge in [-0.15, -0.1) is 0 Å². The molecule has 3 amide bonds. The van der Waals surface area contributed by atoms with Gasteiger partial charge in [-0.1, -0.05) is 29.8 Å². The van der Waals surface area contributed by atoms with Gasteiger partial charge in [0.1, 0.15) is 0 Å². The minimum Gasteiger partial charge on any atom is -0.335 e. The van der Waals surface area contributed by atoms with E-state index < -0.39 is 4.92 Å². The van der Waals surface area contributed by atoms with Gasteiger partial charge in [-0.25, -0.2) is 4.79 Å². The number of rotatable bonds is 4. The van der Waals surface area contributed by atoms with E-state index >= 15 is 0 Å². The summed E-state index contributed by atoms with van der Waals surface area (Å²) < 4.78 is 0. The van der Waals surface area contributed by atoms with Crippen LogP contribution in [0.2, 0.25) is 5.02 Å². The first-order valence-corrected chi connectivity index (χ1v) is 9.13. The van der Waals surface area contributed by atoms with E-state index in [1.807, 2.05) is 18.2 Å². The summed E-state index contributed by atoms with van der Waals surface area (Å²) in [5.41, 5.74) is 1.17. The summed E-state index contributed by atoms with van der Waals surface area (Å²) in [6.45, 7) is 1.95. The Morgan fingerprint density at radius 1 is 1.00 bits per heavy atom. The highest BCUT2D eigenvalue weighted by Crippen LogP contribution is 2.16. The van der Waals surface area contributed by atoms with E-state index in [1.54, 1.807) is 15.9 Å². The summed E-state index contributed by atoms with van der Waals surface area (Å²) in [5, 5.41) is 14.1. The minimum absolute atomic E-state index is 0.0587. The molecule has 2 aromatic carbocycles. The summed E-state index contributed by atoms with van der Waals surface area (Å²) in [6, 6.07) is 12.6. The van der Waals surface area contributed by atoms with Crippen LogP contribution in [0.3, 0.4) is 0 Å². The number of nitrogens with one attached hydrogen (secondary N) is 1. The summed E-state index contributed by atoms with van der Waals surface area (Å²) >= 11 is 6.09. The van der Waals surface area contributed by atoms with Crippen molar-refractivity contribution in [3.8, 4) is 0 Å². The Morgan fingerprint density at radius 3 is 2.21 bits per heavy atom. The van der Waals surface area contributed by atoms with Crippen LogP contribution >= 0.6 is 11.6 Å². The smallest absolute Gasteiger partial charge is 0.317 e. The highest BCUT2D eigenvalue weighted by atomic mass is 35.5. The quantitative estimate of drug-likeness (QED) is 0.628. The number of nitro groups is 1. The van der Waals surface area contributed by atoms with Crippen molar-refractivity contribution in [1.82, 2.24) is 15.1 Å². The molecule has 28 heavy (non-hydrogen) atoms. The molecule has 9 heteroatoms. The Bertz CT molecular complexity index is 880. The third-order valence-electron chi connectivity index (χ3n) is 4.57. The van der Waals surface area contributed by atoms with Crippen molar-refractivity contribution in [2.24, 2.45) is 0 Å². The molecule has 1 aliphatic rings. The molecule has 0 unspecified atom stereocenters. The number of hydrogen-bond donors (Lipinski definition) is 1. The Hall–Kier alpha value is -3.13. The Balaban J connectivity index is 1.50. The van der Waals surface area contributed by atoms with Crippen molar-refractivity contribution in [2.75, 3.05) is 26.2 Å². The molecule has 1 heterocycles. The third kappa shape index (κ3) is 4.58. The highest BCUT2D eigenvalue weighted by Gasteiger charge is 2.25. The fourth-order valence-corrected chi connectivity index (χ4v) is 3.15. The Morgan fingerprint density at radius 2 is 1.61 bits per heavy atom. The molecule has 1 fully saturated rings. The van der Waals surface area contributed by atoms with Gasteiger partial charge in [-0.3, -0.25) is 14.9 Å². The predicted molar refractivity (Wildman–Crippen MR) is 104 cm³/mol. The number of nitrogens with zero attached hydrogens (tertiary/aromatic N) is 3. The average Bonchev–Trinajstić information content (AvgIpc) is 2.72. The number of non-ortho nitro benzene ring substituents is 1. The van der Waals surface area contributed by atoms with Crippen LogP contribution in [0.5, 0.6) is 0 Å². The number of carbonyl (C=O) groups is 2. The van der Waals surface area contributed by atoms with Crippen molar-refractivity contribution < 1.29 is 14.5 Å². The molecule has 0 spiro atoms. The number of carbonyl (C=O) groups excluding carboxylic acids is 2. The third-order valence-corrected chi connectivity index (χ3v) is 4.94. The molecule has 8 nitrogen and oxygen atoms in total. The number of piperazine rings is 1. The molecular formula is C19H19ClN4O4. The van der Waals surface area contributed by atoms with Crippen LogP contribution in [0.1, 0.15) is 15.9 Å². The Labute approximate surface area is 166 Å². The topological polar surface area (TPSA) is 95.8 Å². The van der Waals surface area contributed by atoms with E-state index in [2.05, 4.69) is 5.32 Å². The second-order valence-corrected chi connectivity index (χ2v) is 6.74. The first kappa shape index (κ1) is 19.6. The zero-order chi connectivity index (χ0) is 20.1. The lowest BCUT2D eigenvalue weighted by molar-refractivity contribution is -0.384. The number of amides is 3. The van der Waals surface area contributed by atoms with E-state index in [-0.39, 0.29) is 17.6 Å². The molecule has 0 aromatic heterocycles. The maximum absolute atomic E-state index is 12.5. The van der Waals surface area contributed by atoms with Gasteiger partial charge in [0.25, 0.3) is 11.6 Å². The van der Waals surface area contributed by atoms with Crippen LogP contribution in [0, 0.1) is 10.1 Å². The molecule has 0 atom stereocenters. The molecule has 146 valence electrons. The average molecular weight is 403 g/mol. The standard InChI is InChI=1S/C19H19ClN4O4/c20-17-4-2-1-3-15(17)13-21-19(26)23-11-9-22(10-12-23)18(25)14-5-7-16(8-6-14)24(27)28/h1-8H,9-13H2,(H,21,26). The predicted octanol–water partition coefficient (Wildman–Crippen LogP) is 2.92. The number of hydrogen-bond acceptors (Lipinski definition) is 4. The molecule has 1 N–H and O–H groups in total. The lowest BCUT2D eigenvalue weighted by atomic mass is 10.1. The zero-order valence-corrected chi connectivity index (χ0v) is 15.8. The van der Waals surface area contributed by atoms with Crippen LogP contribution < -0.4 is 5.32 Å². The molecular weight excluding hydrogens is 384 g/mol. The number of benzene rings is 2. The summed E-state index contributed by atoms with van der Waals surface area (Å²) in [5.74, 6) is -0.203. The molecule has 0 aliphatic carbocycles. The lowest BCUT2D eigenvalue weighted by Gasteiger charge is -2.34. The van der Waals surface area contributed by atoms with Crippen molar-refractivity contribution in [3.05, 3.63) is 74.8 Å². The molecule has 0 saturated carbocycles. The van der Waals surface area contributed by atoms with Gasteiger partial charge < -0.3 is 15.1 Å². The summed E-state index contributed by atoms with van der Waals surface area (Å²) in [7, 11) is 0. The monoisotopic (exact) mass is 402 g/mol. The van der Waals surface area contributed by atoms with Crippen LogP contribution in [-0.2, 0) is 6.54 Å². The van der Waals surface area contributed by atoms with Crippen molar-refractivity contribution >= 4 is 29.2 Å². The normalized spacial score (nSPS) is 13.9. The van der Waals surface area contributed by atoms with Gasteiger partial charge in [-0.2, -0.15) is 0 Å². The van der Waals surface area contributed by atoms with E-state index in [0.717, 1.165) is 5.56 Å². The van der Waals surface area contributed by atoms with Crippen molar-refractivity contribution in [2.45, 2.75) is 6.54 Å². The largest absolute Gasteiger partial charge is 0.335 e. The van der Waals surface area contributed by atoms with Gasteiger partial charge in [-0.05, 0) is 23.8 Å². The highest BCUT2D eigenvalue weighted by molar-refractivity contribution is 6.31. The van der Waals surface area contributed by atoms with Crippen molar-refractivity contribution in [3.63, 3.8) is 0 Å². The summed E-state index contributed by atoms with van der Waals surface area (Å²) in [4.78, 5) is 38.4. The maximum Gasteiger partial charge on any atom is 0.317 e. The molecule has 0 radical (unpaired) electrons. The van der Waals surface area contributed by atoms with E-state index in [4.69, 9.17) is 11.6 Å². The number of nitro benzene ring substituents is 1. The second-order valence-electron chi connectivity index (χ2n) is 6.33. The van der Waals surface area contributed by atoms with Gasteiger partial charge in [0.15, 0.2) is 0 Å². The van der Waals surface area contributed by atoms with E-state index in [0.29, 0.717) is 43.3 Å². The first-order chi connectivity index (χ1) is 13.5. The SMILES string of the molecule is O=C(NCc1ccccc1Cl)N1CCN(C(=O)c2ccc([N+](=O)[O-])cc2)CC1. The summed E-state index contributed by atoms with van der Waals surface area (Å²) in [6.07, 6.45) is 0. The first-order valence-electron chi connectivity index (χ1n) is 8.75. The number of urea groups is 1. The van der Waals surface area contributed by atoms with Gasteiger partial charge in [0.2, 0.25) is 0 Å². The van der Waals surface area contributed by atoms with Gasteiger partial charge in [0, 0.05) is 55.4 Å². The maximum atomic E-state index is 12.5. The molecule has 1 aliphatic heterocycles. The minimum atomic E-state index is -0.506. The molecule has 0 bridgehead atoms. The lowest BCUT2D eigenvalue weighted by Crippen LogP contribution is -2.53. The fraction of sp³-hybridized carbons (Fsp3) is 0.263. The van der Waals surface area contributed by atoms with Gasteiger partial charge in [0.05, 0.1) is 4.92 Å². The van der Waals surface area contributed by atoms with Crippen LogP contribution in [0.15, 0.2) is 48.5 Å². The van der Waals surface area contributed by atoms with Crippen LogP contribution in [0.25, 0.3) is 0 Å².